The Morgan fingerprint density at radius 2 is 1.60 bits per heavy atom. The summed E-state index contributed by atoms with van der Waals surface area (Å²) in [5.74, 6) is 2.38. The van der Waals surface area contributed by atoms with Crippen LogP contribution >= 0.6 is 0 Å². The number of piperidine rings is 1. The van der Waals surface area contributed by atoms with E-state index < -0.39 is 0 Å². The van der Waals surface area contributed by atoms with Crippen molar-refractivity contribution in [2.75, 3.05) is 18.0 Å². The van der Waals surface area contributed by atoms with E-state index in [9.17, 15) is 0 Å². The van der Waals surface area contributed by atoms with E-state index in [1.54, 1.807) is 0 Å². The van der Waals surface area contributed by atoms with Gasteiger partial charge < -0.3 is 4.90 Å². The molecule has 0 radical (unpaired) electrons. The fourth-order valence-corrected chi connectivity index (χ4v) is 4.50. The van der Waals surface area contributed by atoms with Gasteiger partial charge in [0, 0.05) is 29.9 Å². The van der Waals surface area contributed by atoms with E-state index >= 15 is 0 Å². The zero-order valence-electron chi connectivity index (χ0n) is 15.8. The maximum atomic E-state index is 5.09. The van der Waals surface area contributed by atoms with Gasteiger partial charge in [0.2, 0.25) is 5.95 Å². The fourth-order valence-electron chi connectivity index (χ4n) is 4.50. The van der Waals surface area contributed by atoms with Crippen LogP contribution in [0.4, 0.5) is 5.95 Å². The van der Waals surface area contributed by atoms with Crippen LogP contribution in [0.3, 0.4) is 0 Å². The van der Waals surface area contributed by atoms with Gasteiger partial charge in [-0.05, 0) is 50.9 Å². The molecule has 0 bridgehead atoms. The molecule has 0 spiro atoms. The first-order valence-corrected chi connectivity index (χ1v) is 9.82. The van der Waals surface area contributed by atoms with Gasteiger partial charge in [-0.3, -0.25) is 0 Å². The van der Waals surface area contributed by atoms with Crippen molar-refractivity contribution in [3.8, 4) is 11.3 Å². The molecule has 4 rings (SSSR count). The summed E-state index contributed by atoms with van der Waals surface area (Å²) in [6, 6.07) is 8.82. The van der Waals surface area contributed by atoms with E-state index in [0.29, 0.717) is 11.8 Å². The van der Waals surface area contributed by atoms with Crippen LogP contribution in [0, 0.1) is 18.8 Å². The van der Waals surface area contributed by atoms with Crippen molar-refractivity contribution in [1.29, 1.82) is 0 Å². The molecule has 3 heteroatoms. The lowest BCUT2D eigenvalue weighted by molar-refractivity contribution is 0.353. The topological polar surface area (TPSA) is 29.0 Å². The number of aryl methyl sites for hydroxylation is 2. The number of rotatable bonds is 2. The number of fused-ring (bicyclic) bond motifs is 1. The minimum Gasteiger partial charge on any atom is -0.340 e. The highest BCUT2D eigenvalue weighted by atomic mass is 15.3. The highest BCUT2D eigenvalue weighted by Crippen LogP contribution is 2.33. The molecular weight excluding hydrogens is 306 g/mol. The van der Waals surface area contributed by atoms with E-state index in [4.69, 9.17) is 9.97 Å². The summed E-state index contributed by atoms with van der Waals surface area (Å²) < 4.78 is 0. The predicted molar refractivity (Wildman–Crippen MR) is 104 cm³/mol. The molecule has 1 aromatic heterocycles. The molecule has 1 aliphatic heterocycles. The van der Waals surface area contributed by atoms with Crippen LogP contribution in [-0.2, 0) is 12.8 Å². The van der Waals surface area contributed by atoms with Crippen molar-refractivity contribution in [2.24, 2.45) is 11.8 Å². The van der Waals surface area contributed by atoms with Crippen molar-refractivity contribution in [3.63, 3.8) is 0 Å². The molecule has 1 saturated heterocycles. The van der Waals surface area contributed by atoms with Gasteiger partial charge in [-0.2, -0.15) is 0 Å². The van der Waals surface area contributed by atoms with Gasteiger partial charge in [0.25, 0.3) is 0 Å². The van der Waals surface area contributed by atoms with Crippen LogP contribution in [0.5, 0.6) is 0 Å². The minimum atomic E-state index is 0.714. The Labute approximate surface area is 151 Å². The van der Waals surface area contributed by atoms with E-state index in [2.05, 4.69) is 49.9 Å². The maximum absolute atomic E-state index is 5.09. The molecule has 3 nitrogen and oxygen atoms in total. The first kappa shape index (κ1) is 16.6. The van der Waals surface area contributed by atoms with Crippen LogP contribution < -0.4 is 4.90 Å². The standard InChI is InChI=1S/C22H29N3/c1-15-8-10-18(11-9-15)21-19-6-4-5-7-20(19)23-22(24-21)25-13-16(2)12-17(3)14-25/h8-11,16-17H,4-7,12-14H2,1-3H3/t16-,17-/m1/s1. The Bertz CT molecular complexity index is 741. The van der Waals surface area contributed by atoms with Gasteiger partial charge in [0.1, 0.15) is 0 Å². The predicted octanol–water partition coefficient (Wildman–Crippen LogP) is 4.81. The van der Waals surface area contributed by atoms with Crippen LogP contribution in [0.25, 0.3) is 11.3 Å². The zero-order chi connectivity index (χ0) is 17.4. The van der Waals surface area contributed by atoms with Crippen molar-refractivity contribution in [3.05, 3.63) is 41.1 Å². The molecule has 1 aliphatic carbocycles. The molecule has 25 heavy (non-hydrogen) atoms. The Morgan fingerprint density at radius 3 is 2.32 bits per heavy atom. The highest BCUT2D eigenvalue weighted by molar-refractivity contribution is 5.66. The average Bonchev–Trinajstić information content (AvgIpc) is 2.61. The third-order valence-corrected chi connectivity index (χ3v) is 5.65. The summed E-state index contributed by atoms with van der Waals surface area (Å²) in [5.41, 5.74) is 6.39. The summed E-state index contributed by atoms with van der Waals surface area (Å²) in [4.78, 5) is 12.5. The molecule has 0 unspecified atom stereocenters. The maximum Gasteiger partial charge on any atom is 0.226 e. The lowest BCUT2D eigenvalue weighted by Gasteiger charge is -2.35. The molecule has 2 atom stereocenters. The molecule has 0 amide bonds. The fraction of sp³-hybridized carbons (Fsp3) is 0.545. The number of benzene rings is 1. The summed E-state index contributed by atoms with van der Waals surface area (Å²) >= 11 is 0. The number of nitrogens with zero attached hydrogens (tertiary/aromatic N) is 3. The Morgan fingerprint density at radius 1 is 0.920 bits per heavy atom. The lowest BCUT2D eigenvalue weighted by Crippen LogP contribution is -2.40. The normalized spacial score (nSPS) is 23.4. The first-order chi connectivity index (χ1) is 12.1. The average molecular weight is 335 g/mol. The summed E-state index contributed by atoms with van der Waals surface area (Å²) in [6.45, 7) is 9.00. The minimum absolute atomic E-state index is 0.714. The summed E-state index contributed by atoms with van der Waals surface area (Å²) in [6.07, 6.45) is 6.04. The molecule has 1 aromatic carbocycles. The first-order valence-electron chi connectivity index (χ1n) is 9.82. The molecule has 132 valence electrons. The number of hydrogen-bond acceptors (Lipinski definition) is 3. The second-order valence-electron chi connectivity index (χ2n) is 8.22. The molecule has 2 aliphatic rings. The zero-order valence-corrected chi connectivity index (χ0v) is 15.8. The molecule has 0 saturated carbocycles. The highest BCUT2D eigenvalue weighted by Gasteiger charge is 2.26. The van der Waals surface area contributed by atoms with Gasteiger partial charge in [0.05, 0.1) is 5.69 Å². The van der Waals surface area contributed by atoms with Gasteiger partial charge in [-0.25, -0.2) is 9.97 Å². The van der Waals surface area contributed by atoms with Crippen LogP contribution in [0.1, 0.15) is 49.9 Å². The Balaban J connectivity index is 1.78. The monoisotopic (exact) mass is 335 g/mol. The second kappa shape index (κ2) is 6.78. The van der Waals surface area contributed by atoms with E-state index in [1.807, 2.05) is 0 Å². The largest absolute Gasteiger partial charge is 0.340 e. The summed E-state index contributed by atoms with van der Waals surface area (Å²) in [5, 5.41) is 0. The quantitative estimate of drug-likeness (QED) is 0.788. The Kier molecular flexibility index (Phi) is 4.49. The van der Waals surface area contributed by atoms with Crippen molar-refractivity contribution in [1.82, 2.24) is 9.97 Å². The van der Waals surface area contributed by atoms with Crippen molar-refractivity contribution in [2.45, 2.75) is 52.9 Å². The van der Waals surface area contributed by atoms with Gasteiger partial charge in [-0.1, -0.05) is 43.7 Å². The van der Waals surface area contributed by atoms with E-state index in [0.717, 1.165) is 31.9 Å². The number of anilines is 1. The summed E-state index contributed by atoms with van der Waals surface area (Å²) in [7, 11) is 0. The van der Waals surface area contributed by atoms with Gasteiger partial charge in [-0.15, -0.1) is 0 Å². The number of hydrogen-bond donors (Lipinski definition) is 0. The third-order valence-electron chi connectivity index (χ3n) is 5.65. The molecular formula is C22H29N3. The van der Waals surface area contributed by atoms with Gasteiger partial charge >= 0.3 is 0 Å². The molecule has 2 aromatic rings. The molecule has 1 fully saturated rings. The Hall–Kier alpha value is -1.90. The van der Waals surface area contributed by atoms with E-state index in [1.165, 1.54) is 47.3 Å². The van der Waals surface area contributed by atoms with Crippen molar-refractivity contribution >= 4 is 5.95 Å². The second-order valence-corrected chi connectivity index (χ2v) is 8.22. The van der Waals surface area contributed by atoms with Crippen LogP contribution in [0.2, 0.25) is 0 Å². The van der Waals surface area contributed by atoms with Crippen LogP contribution in [0.15, 0.2) is 24.3 Å². The molecule has 2 heterocycles. The third kappa shape index (κ3) is 3.42. The van der Waals surface area contributed by atoms with Crippen molar-refractivity contribution < 1.29 is 0 Å². The SMILES string of the molecule is Cc1ccc(-c2nc(N3C[C@H](C)C[C@@H](C)C3)nc3c2CCCC3)cc1. The molecule has 0 N–H and O–H groups in total. The van der Waals surface area contributed by atoms with E-state index in [-0.39, 0.29) is 0 Å². The van der Waals surface area contributed by atoms with Crippen LogP contribution in [-0.4, -0.2) is 23.1 Å². The smallest absolute Gasteiger partial charge is 0.226 e. The number of aromatic nitrogens is 2. The lowest BCUT2D eigenvalue weighted by atomic mass is 9.91. The van der Waals surface area contributed by atoms with Gasteiger partial charge in [0.15, 0.2) is 0 Å².